The van der Waals surface area contributed by atoms with E-state index in [2.05, 4.69) is 0 Å². The molecule has 0 N–H and O–H groups in total. The van der Waals surface area contributed by atoms with Gasteiger partial charge in [0.1, 0.15) is 0 Å². The summed E-state index contributed by atoms with van der Waals surface area (Å²) in [4.78, 5) is 12.3. The average molecular weight is 317 g/mol. The Kier molecular flexibility index (Phi) is 5.11. The van der Waals surface area contributed by atoms with Crippen molar-refractivity contribution in [3.05, 3.63) is 65.7 Å². The van der Waals surface area contributed by atoms with Crippen molar-refractivity contribution in [2.24, 2.45) is 0 Å². The van der Waals surface area contributed by atoms with Crippen molar-refractivity contribution in [3.8, 4) is 0 Å². The predicted octanol–water partition coefficient (Wildman–Crippen LogP) is 2.89. The maximum Gasteiger partial charge on any atom is 0.242 e. The Balaban J connectivity index is 2.04. The van der Waals surface area contributed by atoms with Gasteiger partial charge in [0.05, 0.1) is 4.90 Å². The largest absolute Gasteiger partial charge is 0.294 e. The summed E-state index contributed by atoms with van der Waals surface area (Å²) < 4.78 is 26.0. The van der Waals surface area contributed by atoms with E-state index >= 15 is 0 Å². The van der Waals surface area contributed by atoms with Gasteiger partial charge in [0.25, 0.3) is 0 Å². The van der Waals surface area contributed by atoms with Gasteiger partial charge in [-0.05, 0) is 19.1 Å². The fourth-order valence-corrected chi connectivity index (χ4v) is 3.21. The molecule has 22 heavy (non-hydrogen) atoms. The molecule has 0 radical (unpaired) electrons. The molecular weight excluding hydrogens is 298 g/mol. The summed E-state index contributed by atoms with van der Waals surface area (Å²) in [7, 11) is -2.06. The Labute approximate surface area is 131 Å². The van der Waals surface area contributed by atoms with Gasteiger partial charge in [-0.3, -0.25) is 4.79 Å². The molecule has 0 saturated carbocycles. The monoisotopic (exact) mass is 317 g/mol. The highest BCUT2D eigenvalue weighted by Crippen LogP contribution is 2.15. The molecule has 0 spiro atoms. The quantitative estimate of drug-likeness (QED) is 0.770. The zero-order valence-corrected chi connectivity index (χ0v) is 13.5. The van der Waals surface area contributed by atoms with E-state index in [0.29, 0.717) is 5.56 Å². The van der Waals surface area contributed by atoms with Gasteiger partial charge in [0.2, 0.25) is 10.0 Å². The second-order valence-corrected chi connectivity index (χ2v) is 7.22. The van der Waals surface area contributed by atoms with Crippen LogP contribution in [-0.2, 0) is 10.0 Å². The molecule has 0 aliphatic rings. The molecule has 4 nitrogen and oxygen atoms in total. The van der Waals surface area contributed by atoms with Crippen LogP contribution in [0.15, 0.2) is 59.5 Å². The van der Waals surface area contributed by atoms with Crippen LogP contribution in [0.2, 0.25) is 0 Å². The molecule has 0 aliphatic carbocycles. The molecule has 0 bridgehead atoms. The van der Waals surface area contributed by atoms with E-state index in [1.54, 1.807) is 48.5 Å². The first-order chi connectivity index (χ1) is 10.4. The van der Waals surface area contributed by atoms with Crippen LogP contribution in [0.1, 0.15) is 22.3 Å². The SMILES string of the molecule is Cc1ccc(S(=O)(=O)N(C)CCC(=O)c2ccccc2)cc1. The van der Waals surface area contributed by atoms with Crippen LogP contribution in [-0.4, -0.2) is 32.1 Å². The maximum absolute atomic E-state index is 12.4. The molecule has 116 valence electrons. The van der Waals surface area contributed by atoms with Crippen LogP contribution in [0.5, 0.6) is 0 Å². The number of rotatable bonds is 6. The van der Waals surface area contributed by atoms with Crippen LogP contribution in [0.25, 0.3) is 0 Å². The zero-order chi connectivity index (χ0) is 16.2. The zero-order valence-electron chi connectivity index (χ0n) is 12.7. The Morgan fingerprint density at radius 3 is 2.18 bits per heavy atom. The number of carbonyl (C=O) groups is 1. The number of Topliss-reactive ketones (excluding diaryl/α,β-unsaturated/α-hetero) is 1. The van der Waals surface area contributed by atoms with Gasteiger partial charge in [-0.15, -0.1) is 0 Å². The summed E-state index contributed by atoms with van der Waals surface area (Å²) in [5, 5.41) is 0. The first-order valence-corrected chi connectivity index (χ1v) is 8.46. The van der Waals surface area contributed by atoms with Crippen LogP contribution in [0, 0.1) is 6.92 Å². The summed E-state index contributed by atoms with van der Waals surface area (Å²) in [6.45, 7) is 2.06. The Hall–Kier alpha value is -1.98. The average Bonchev–Trinajstić information content (AvgIpc) is 2.53. The van der Waals surface area contributed by atoms with E-state index in [-0.39, 0.29) is 23.6 Å². The third-order valence-corrected chi connectivity index (χ3v) is 5.35. The van der Waals surface area contributed by atoms with E-state index in [1.165, 1.54) is 11.4 Å². The molecule has 0 amide bonds. The van der Waals surface area contributed by atoms with E-state index in [1.807, 2.05) is 13.0 Å². The Morgan fingerprint density at radius 1 is 1.00 bits per heavy atom. The summed E-state index contributed by atoms with van der Waals surface area (Å²) >= 11 is 0. The standard InChI is InChI=1S/C17H19NO3S/c1-14-8-10-16(11-9-14)22(20,21)18(2)13-12-17(19)15-6-4-3-5-7-15/h3-11H,12-13H2,1-2H3. The summed E-state index contributed by atoms with van der Waals surface area (Å²) in [6.07, 6.45) is 0.158. The lowest BCUT2D eigenvalue weighted by atomic mass is 10.1. The molecule has 0 aliphatic heterocycles. The molecule has 0 unspecified atom stereocenters. The lowest BCUT2D eigenvalue weighted by Crippen LogP contribution is -2.29. The first-order valence-electron chi connectivity index (χ1n) is 7.02. The second kappa shape index (κ2) is 6.85. The highest BCUT2D eigenvalue weighted by Gasteiger charge is 2.21. The number of nitrogens with zero attached hydrogens (tertiary/aromatic N) is 1. The number of benzene rings is 2. The smallest absolute Gasteiger partial charge is 0.242 e. The van der Waals surface area contributed by atoms with Crippen molar-refractivity contribution < 1.29 is 13.2 Å². The lowest BCUT2D eigenvalue weighted by Gasteiger charge is -2.17. The van der Waals surface area contributed by atoms with E-state index in [0.717, 1.165) is 5.56 Å². The van der Waals surface area contributed by atoms with E-state index < -0.39 is 10.0 Å². The number of aryl methyl sites for hydroxylation is 1. The maximum atomic E-state index is 12.4. The second-order valence-electron chi connectivity index (χ2n) is 5.18. The molecule has 0 atom stereocenters. The van der Waals surface area contributed by atoms with Crippen LogP contribution < -0.4 is 0 Å². The third kappa shape index (κ3) is 3.81. The fraction of sp³-hybridized carbons (Fsp3) is 0.235. The molecule has 0 heterocycles. The van der Waals surface area contributed by atoms with Crippen molar-refractivity contribution in [1.82, 2.24) is 4.31 Å². The van der Waals surface area contributed by atoms with Crippen LogP contribution >= 0.6 is 0 Å². The van der Waals surface area contributed by atoms with Crippen molar-refractivity contribution in [1.29, 1.82) is 0 Å². The number of sulfonamides is 1. The minimum Gasteiger partial charge on any atom is -0.294 e. The number of carbonyl (C=O) groups excluding carboxylic acids is 1. The molecule has 0 fully saturated rings. The number of ketones is 1. The molecule has 2 aromatic carbocycles. The van der Waals surface area contributed by atoms with Gasteiger partial charge in [0.15, 0.2) is 5.78 Å². The number of hydrogen-bond donors (Lipinski definition) is 0. The van der Waals surface area contributed by atoms with Crippen LogP contribution in [0.3, 0.4) is 0 Å². The molecule has 0 aromatic heterocycles. The van der Waals surface area contributed by atoms with Crippen molar-refractivity contribution in [2.45, 2.75) is 18.2 Å². The molecule has 5 heteroatoms. The van der Waals surface area contributed by atoms with Gasteiger partial charge in [-0.2, -0.15) is 0 Å². The van der Waals surface area contributed by atoms with Crippen molar-refractivity contribution in [3.63, 3.8) is 0 Å². The van der Waals surface area contributed by atoms with Gasteiger partial charge in [-0.1, -0.05) is 48.0 Å². The summed E-state index contributed by atoms with van der Waals surface area (Å²) in [5.41, 5.74) is 1.60. The minimum atomic E-state index is -3.55. The molecule has 2 rings (SSSR count). The minimum absolute atomic E-state index is 0.0634. The van der Waals surface area contributed by atoms with E-state index in [4.69, 9.17) is 0 Å². The third-order valence-electron chi connectivity index (χ3n) is 3.48. The molecular formula is C17H19NO3S. The molecule has 2 aromatic rings. The van der Waals surface area contributed by atoms with E-state index in [9.17, 15) is 13.2 Å². The highest BCUT2D eigenvalue weighted by molar-refractivity contribution is 7.89. The van der Waals surface area contributed by atoms with Gasteiger partial charge in [-0.25, -0.2) is 12.7 Å². The number of hydrogen-bond acceptors (Lipinski definition) is 3. The van der Waals surface area contributed by atoms with Crippen molar-refractivity contribution in [2.75, 3.05) is 13.6 Å². The Morgan fingerprint density at radius 2 is 1.59 bits per heavy atom. The van der Waals surface area contributed by atoms with Crippen LogP contribution in [0.4, 0.5) is 0 Å². The summed E-state index contributed by atoms with van der Waals surface area (Å²) in [5.74, 6) is -0.0634. The van der Waals surface area contributed by atoms with Gasteiger partial charge < -0.3 is 0 Å². The fourth-order valence-electron chi connectivity index (χ4n) is 2.04. The Bertz CT molecular complexity index is 737. The van der Waals surface area contributed by atoms with Gasteiger partial charge in [0, 0.05) is 25.6 Å². The van der Waals surface area contributed by atoms with Gasteiger partial charge >= 0.3 is 0 Å². The highest BCUT2D eigenvalue weighted by atomic mass is 32.2. The van der Waals surface area contributed by atoms with Crippen molar-refractivity contribution >= 4 is 15.8 Å². The normalized spacial score (nSPS) is 11.6. The summed E-state index contributed by atoms with van der Waals surface area (Å²) in [6, 6.07) is 15.6. The predicted molar refractivity (Wildman–Crippen MR) is 86.4 cm³/mol. The molecule has 0 saturated heterocycles. The lowest BCUT2D eigenvalue weighted by molar-refractivity contribution is 0.0978. The topological polar surface area (TPSA) is 54.5 Å². The first kappa shape index (κ1) is 16.4.